The Morgan fingerprint density at radius 3 is 2.91 bits per heavy atom. The second-order valence-corrected chi connectivity index (χ2v) is 5.61. The molecule has 22 heavy (non-hydrogen) atoms. The lowest BCUT2D eigenvalue weighted by molar-refractivity contribution is -0.149. The SMILES string of the molecule is CCOC(=O)C1CCCN(C(=O)c2cccnc2N(C)C)C1. The van der Waals surface area contributed by atoms with Crippen molar-refractivity contribution in [1.29, 1.82) is 0 Å². The Kier molecular flexibility index (Phi) is 5.35. The quantitative estimate of drug-likeness (QED) is 0.790. The number of anilines is 1. The van der Waals surface area contributed by atoms with E-state index in [2.05, 4.69) is 4.98 Å². The van der Waals surface area contributed by atoms with Gasteiger partial charge in [-0.1, -0.05) is 0 Å². The number of ether oxygens (including phenoxy) is 1. The van der Waals surface area contributed by atoms with Gasteiger partial charge in [0.05, 0.1) is 18.1 Å². The molecule has 1 atom stereocenters. The minimum absolute atomic E-state index is 0.0780. The molecule has 0 bridgehead atoms. The summed E-state index contributed by atoms with van der Waals surface area (Å²) in [5, 5.41) is 0. The van der Waals surface area contributed by atoms with Crippen molar-refractivity contribution in [3.8, 4) is 0 Å². The third-order valence-electron chi connectivity index (χ3n) is 3.77. The summed E-state index contributed by atoms with van der Waals surface area (Å²) in [5.41, 5.74) is 0.567. The van der Waals surface area contributed by atoms with Crippen molar-refractivity contribution in [1.82, 2.24) is 9.88 Å². The molecule has 120 valence electrons. The average molecular weight is 305 g/mol. The molecule has 0 spiro atoms. The lowest BCUT2D eigenvalue weighted by Gasteiger charge is -2.32. The van der Waals surface area contributed by atoms with E-state index in [4.69, 9.17) is 4.74 Å². The maximum atomic E-state index is 12.8. The van der Waals surface area contributed by atoms with Crippen molar-refractivity contribution < 1.29 is 14.3 Å². The van der Waals surface area contributed by atoms with Crippen LogP contribution in [-0.4, -0.2) is 55.6 Å². The summed E-state index contributed by atoms with van der Waals surface area (Å²) >= 11 is 0. The van der Waals surface area contributed by atoms with Gasteiger partial charge >= 0.3 is 5.97 Å². The van der Waals surface area contributed by atoms with E-state index in [1.54, 1.807) is 30.2 Å². The van der Waals surface area contributed by atoms with Crippen LogP contribution in [0.1, 0.15) is 30.1 Å². The van der Waals surface area contributed by atoms with Gasteiger partial charge in [0.15, 0.2) is 0 Å². The zero-order valence-corrected chi connectivity index (χ0v) is 13.4. The molecule has 1 aliphatic rings. The van der Waals surface area contributed by atoms with Crippen LogP contribution in [-0.2, 0) is 9.53 Å². The van der Waals surface area contributed by atoms with Crippen LogP contribution < -0.4 is 4.90 Å². The molecule has 1 fully saturated rings. The van der Waals surface area contributed by atoms with Crippen molar-refractivity contribution in [3.63, 3.8) is 0 Å². The summed E-state index contributed by atoms with van der Waals surface area (Å²) in [6, 6.07) is 3.53. The predicted molar refractivity (Wildman–Crippen MR) is 83.8 cm³/mol. The number of carbonyl (C=O) groups excluding carboxylic acids is 2. The first-order valence-electron chi connectivity index (χ1n) is 7.62. The number of hydrogen-bond donors (Lipinski definition) is 0. The lowest BCUT2D eigenvalue weighted by atomic mass is 9.97. The van der Waals surface area contributed by atoms with Crippen LogP contribution in [0.25, 0.3) is 0 Å². The molecule has 2 rings (SSSR count). The number of aromatic nitrogens is 1. The fourth-order valence-corrected chi connectivity index (χ4v) is 2.70. The molecule has 1 aromatic rings. The van der Waals surface area contributed by atoms with E-state index in [0.717, 1.165) is 12.8 Å². The molecule has 2 heterocycles. The van der Waals surface area contributed by atoms with Gasteiger partial charge in [-0.15, -0.1) is 0 Å². The fourth-order valence-electron chi connectivity index (χ4n) is 2.70. The minimum Gasteiger partial charge on any atom is -0.466 e. The van der Waals surface area contributed by atoms with E-state index >= 15 is 0 Å². The molecule has 1 aromatic heterocycles. The lowest BCUT2D eigenvalue weighted by Crippen LogP contribution is -2.43. The summed E-state index contributed by atoms with van der Waals surface area (Å²) in [7, 11) is 3.72. The first kappa shape index (κ1) is 16.3. The highest BCUT2D eigenvalue weighted by atomic mass is 16.5. The Morgan fingerprint density at radius 2 is 2.23 bits per heavy atom. The van der Waals surface area contributed by atoms with Gasteiger partial charge in [0.2, 0.25) is 0 Å². The van der Waals surface area contributed by atoms with E-state index in [1.165, 1.54) is 0 Å². The van der Waals surface area contributed by atoms with Gasteiger partial charge in [0.25, 0.3) is 5.91 Å². The van der Waals surface area contributed by atoms with Gasteiger partial charge < -0.3 is 14.5 Å². The van der Waals surface area contributed by atoms with E-state index in [0.29, 0.717) is 31.1 Å². The highest BCUT2D eigenvalue weighted by Gasteiger charge is 2.30. The summed E-state index contributed by atoms with van der Waals surface area (Å²) in [6.07, 6.45) is 3.26. The Labute approximate surface area is 131 Å². The Balaban J connectivity index is 2.14. The minimum atomic E-state index is -0.225. The summed E-state index contributed by atoms with van der Waals surface area (Å²) in [6.45, 7) is 3.25. The molecule has 0 N–H and O–H groups in total. The average Bonchev–Trinajstić information content (AvgIpc) is 2.54. The van der Waals surface area contributed by atoms with Gasteiger partial charge in [-0.3, -0.25) is 9.59 Å². The third-order valence-corrected chi connectivity index (χ3v) is 3.77. The van der Waals surface area contributed by atoms with Crippen molar-refractivity contribution in [3.05, 3.63) is 23.9 Å². The topological polar surface area (TPSA) is 62.7 Å². The summed E-state index contributed by atoms with van der Waals surface area (Å²) in [4.78, 5) is 32.5. The standard InChI is InChI=1S/C16H23N3O3/c1-4-22-16(21)12-7-6-10-19(11-12)15(20)13-8-5-9-17-14(13)18(2)3/h5,8-9,12H,4,6-7,10-11H2,1-3H3. The van der Waals surface area contributed by atoms with Crippen LogP contribution in [0.4, 0.5) is 5.82 Å². The van der Waals surface area contributed by atoms with Gasteiger partial charge in [-0.25, -0.2) is 4.98 Å². The molecular weight excluding hydrogens is 282 g/mol. The Hall–Kier alpha value is -2.11. The van der Waals surface area contributed by atoms with Crippen molar-refractivity contribution >= 4 is 17.7 Å². The molecule has 1 amide bonds. The van der Waals surface area contributed by atoms with Crippen molar-refractivity contribution in [2.75, 3.05) is 38.7 Å². The number of likely N-dealkylation sites (tertiary alicyclic amines) is 1. The number of rotatable bonds is 4. The largest absolute Gasteiger partial charge is 0.466 e. The molecule has 6 nitrogen and oxygen atoms in total. The normalized spacial score (nSPS) is 18.0. The van der Waals surface area contributed by atoms with Crippen LogP contribution in [0.3, 0.4) is 0 Å². The van der Waals surface area contributed by atoms with Crippen LogP contribution in [0.15, 0.2) is 18.3 Å². The molecule has 1 unspecified atom stereocenters. The highest BCUT2D eigenvalue weighted by Crippen LogP contribution is 2.22. The zero-order chi connectivity index (χ0) is 16.1. The molecule has 1 saturated heterocycles. The molecule has 0 aliphatic carbocycles. The monoisotopic (exact) mass is 305 g/mol. The number of hydrogen-bond acceptors (Lipinski definition) is 5. The van der Waals surface area contributed by atoms with Crippen molar-refractivity contribution in [2.45, 2.75) is 19.8 Å². The summed E-state index contributed by atoms with van der Waals surface area (Å²) in [5.74, 6) is 0.132. The third kappa shape index (κ3) is 3.55. The highest BCUT2D eigenvalue weighted by molar-refractivity contribution is 5.99. The summed E-state index contributed by atoms with van der Waals surface area (Å²) < 4.78 is 5.08. The molecule has 1 aliphatic heterocycles. The Bertz CT molecular complexity index is 545. The first-order chi connectivity index (χ1) is 10.5. The fraction of sp³-hybridized carbons (Fsp3) is 0.562. The predicted octanol–water partition coefficient (Wildman–Crippen LogP) is 1.56. The van der Waals surface area contributed by atoms with Gasteiger partial charge in [0, 0.05) is 33.4 Å². The van der Waals surface area contributed by atoms with Gasteiger partial charge in [-0.2, -0.15) is 0 Å². The number of esters is 1. The first-order valence-corrected chi connectivity index (χ1v) is 7.62. The van der Waals surface area contributed by atoms with Crippen molar-refractivity contribution in [2.24, 2.45) is 5.92 Å². The number of nitrogens with zero attached hydrogens (tertiary/aromatic N) is 3. The van der Waals surface area contributed by atoms with Gasteiger partial charge in [0.1, 0.15) is 5.82 Å². The van der Waals surface area contributed by atoms with Crippen LogP contribution in [0.2, 0.25) is 0 Å². The Morgan fingerprint density at radius 1 is 1.45 bits per heavy atom. The maximum Gasteiger partial charge on any atom is 0.310 e. The van der Waals surface area contributed by atoms with Gasteiger partial charge in [-0.05, 0) is 31.9 Å². The smallest absolute Gasteiger partial charge is 0.310 e. The molecular formula is C16H23N3O3. The molecule has 6 heteroatoms. The van der Waals surface area contributed by atoms with E-state index in [9.17, 15) is 9.59 Å². The number of carbonyl (C=O) groups is 2. The zero-order valence-electron chi connectivity index (χ0n) is 13.4. The molecule has 0 aromatic carbocycles. The van der Waals surface area contributed by atoms with Crippen LogP contribution >= 0.6 is 0 Å². The maximum absolute atomic E-state index is 12.8. The van der Waals surface area contributed by atoms with E-state index in [1.807, 2.05) is 19.0 Å². The second-order valence-electron chi connectivity index (χ2n) is 5.61. The number of amides is 1. The number of piperidine rings is 1. The molecule has 0 saturated carbocycles. The molecule has 0 radical (unpaired) electrons. The van der Waals surface area contributed by atoms with Crippen LogP contribution in [0.5, 0.6) is 0 Å². The number of pyridine rings is 1. The van der Waals surface area contributed by atoms with E-state index in [-0.39, 0.29) is 17.8 Å². The second kappa shape index (κ2) is 7.24. The van der Waals surface area contributed by atoms with Crippen LogP contribution in [0, 0.1) is 5.92 Å². The van der Waals surface area contributed by atoms with E-state index < -0.39 is 0 Å².